The van der Waals surface area contributed by atoms with Gasteiger partial charge in [-0.1, -0.05) is 43.2 Å². The molecule has 2 rings (SSSR count). The van der Waals surface area contributed by atoms with E-state index in [-0.39, 0.29) is 11.9 Å². The van der Waals surface area contributed by atoms with Crippen molar-refractivity contribution in [3.8, 4) is 0 Å². The van der Waals surface area contributed by atoms with Crippen molar-refractivity contribution >= 4 is 16.1 Å². The fourth-order valence-electron chi connectivity index (χ4n) is 3.08. The Labute approximate surface area is 144 Å². The van der Waals surface area contributed by atoms with Crippen LogP contribution in [-0.4, -0.2) is 38.4 Å². The first kappa shape index (κ1) is 18.9. The molecule has 134 valence electrons. The number of carbonyl (C=O) groups excluding carboxylic acids is 1. The highest BCUT2D eigenvalue weighted by molar-refractivity contribution is 7.87. The van der Waals surface area contributed by atoms with E-state index < -0.39 is 16.3 Å². The summed E-state index contributed by atoms with van der Waals surface area (Å²) in [6.07, 6.45) is 3.77. The summed E-state index contributed by atoms with van der Waals surface area (Å²) in [5, 5.41) is 0. The Bertz CT molecular complexity index is 624. The standard InChI is InChI=1S/C17H27N3O3S/c1-3-20(4-2)17(21)16(14-10-6-5-7-11-14)19-24(22,23)18-15-12-8-9-13-15/h5-7,10-11,15-16,18-19H,3-4,8-9,12-13H2,1-2H3. The molecule has 0 spiro atoms. The Morgan fingerprint density at radius 1 is 1.17 bits per heavy atom. The maximum Gasteiger partial charge on any atom is 0.278 e. The number of carbonyl (C=O) groups is 1. The number of hydrogen-bond donors (Lipinski definition) is 2. The second-order valence-corrected chi connectivity index (χ2v) is 7.55. The van der Waals surface area contributed by atoms with Crippen LogP contribution < -0.4 is 9.44 Å². The van der Waals surface area contributed by atoms with Crippen LogP contribution in [0, 0.1) is 0 Å². The highest BCUT2D eigenvalue weighted by Gasteiger charge is 2.30. The number of benzene rings is 1. The molecule has 0 bridgehead atoms. The van der Waals surface area contributed by atoms with Crippen molar-refractivity contribution in [3.05, 3.63) is 35.9 Å². The average Bonchev–Trinajstić information content (AvgIpc) is 3.06. The van der Waals surface area contributed by atoms with Gasteiger partial charge in [-0.3, -0.25) is 4.79 Å². The van der Waals surface area contributed by atoms with Gasteiger partial charge in [0, 0.05) is 19.1 Å². The average molecular weight is 353 g/mol. The summed E-state index contributed by atoms with van der Waals surface area (Å²) in [5.74, 6) is -0.233. The van der Waals surface area contributed by atoms with E-state index in [9.17, 15) is 13.2 Å². The Morgan fingerprint density at radius 3 is 2.29 bits per heavy atom. The maximum absolute atomic E-state index is 12.8. The van der Waals surface area contributed by atoms with E-state index >= 15 is 0 Å². The molecule has 1 aliphatic carbocycles. The molecule has 1 atom stereocenters. The molecule has 0 radical (unpaired) electrons. The Kier molecular flexibility index (Phi) is 6.77. The van der Waals surface area contributed by atoms with Crippen molar-refractivity contribution < 1.29 is 13.2 Å². The third-order valence-corrected chi connectivity index (χ3v) is 5.59. The first-order valence-corrected chi connectivity index (χ1v) is 10.1. The lowest BCUT2D eigenvalue weighted by molar-refractivity contribution is -0.132. The largest absolute Gasteiger partial charge is 0.342 e. The molecule has 1 saturated carbocycles. The van der Waals surface area contributed by atoms with Gasteiger partial charge in [-0.05, 0) is 32.3 Å². The van der Waals surface area contributed by atoms with Gasteiger partial charge in [0.15, 0.2) is 0 Å². The minimum absolute atomic E-state index is 0.0394. The molecule has 1 aromatic carbocycles. The molecule has 2 N–H and O–H groups in total. The number of hydrogen-bond acceptors (Lipinski definition) is 3. The van der Waals surface area contributed by atoms with Crippen LogP contribution in [-0.2, 0) is 15.0 Å². The smallest absolute Gasteiger partial charge is 0.278 e. The first-order valence-electron chi connectivity index (χ1n) is 8.60. The van der Waals surface area contributed by atoms with Crippen LogP contribution in [0.25, 0.3) is 0 Å². The molecule has 1 aliphatic rings. The topological polar surface area (TPSA) is 78.5 Å². The van der Waals surface area contributed by atoms with Crippen molar-refractivity contribution in [2.75, 3.05) is 13.1 Å². The van der Waals surface area contributed by atoms with Crippen molar-refractivity contribution in [1.82, 2.24) is 14.3 Å². The van der Waals surface area contributed by atoms with Crippen LogP contribution in [0.2, 0.25) is 0 Å². The van der Waals surface area contributed by atoms with Crippen molar-refractivity contribution in [3.63, 3.8) is 0 Å². The zero-order valence-corrected chi connectivity index (χ0v) is 15.2. The lowest BCUT2D eigenvalue weighted by atomic mass is 10.1. The van der Waals surface area contributed by atoms with E-state index in [1.54, 1.807) is 29.2 Å². The van der Waals surface area contributed by atoms with Gasteiger partial charge in [0.1, 0.15) is 6.04 Å². The summed E-state index contributed by atoms with van der Waals surface area (Å²) < 4.78 is 30.2. The predicted octanol–water partition coefficient (Wildman–Crippen LogP) is 1.96. The van der Waals surface area contributed by atoms with Crippen LogP contribution >= 0.6 is 0 Å². The van der Waals surface area contributed by atoms with Crippen LogP contribution in [0.4, 0.5) is 0 Å². The summed E-state index contributed by atoms with van der Waals surface area (Å²) in [5.41, 5.74) is 0.645. The van der Waals surface area contributed by atoms with Gasteiger partial charge in [-0.2, -0.15) is 17.9 Å². The highest BCUT2D eigenvalue weighted by Crippen LogP contribution is 2.20. The first-order chi connectivity index (χ1) is 11.5. The molecule has 0 aliphatic heterocycles. The van der Waals surface area contributed by atoms with Gasteiger partial charge < -0.3 is 4.90 Å². The molecule has 0 saturated heterocycles. The van der Waals surface area contributed by atoms with E-state index in [2.05, 4.69) is 9.44 Å². The summed E-state index contributed by atoms with van der Waals surface area (Å²) >= 11 is 0. The molecule has 24 heavy (non-hydrogen) atoms. The second-order valence-electron chi connectivity index (χ2n) is 6.07. The third kappa shape index (κ3) is 5.03. The number of rotatable bonds is 8. The second kappa shape index (κ2) is 8.60. The van der Waals surface area contributed by atoms with E-state index in [1.165, 1.54) is 0 Å². The van der Waals surface area contributed by atoms with Crippen LogP contribution in [0.1, 0.15) is 51.1 Å². The number of amides is 1. The number of likely N-dealkylation sites (N-methyl/N-ethyl adjacent to an activating group) is 1. The van der Waals surface area contributed by atoms with Crippen LogP contribution in [0.15, 0.2) is 30.3 Å². The van der Waals surface area contributed by atoms with Gasteiger partial charge in [-0.25, -0.2) is 0 Å². The summed E-state index contributed by atoms with van der Waals surface area (Å²) in [6.45, 7) is 4.84. The van der Waals surface area contributed by atoms with Gasteiger partial charge in [0.2, 0.25) is 5.91 Å². The van der Waals surface area contributed by atoms with E-state index in [1.807, 2.05) is 19.9 Å². The summed E-state index contributed by atoms with van der Waals surface area (Å²) in [6, 6.07) is 8.03. The normalized spacial score (nSPS) is 16.9. The molecule has 1 fully saturated rings. The molecule has 1 aromatic rings. The number of nitrogens with one attached hydrogen (secondary N) is 2. The predicted molar refractivity (Wildman–Crippen MR) is 94.6 cm³/mol. The summed E-state index contributed by atoms with van der Waals surface area (Å²) in [7, 11) is -3.75. The minimum atomic E-state index is -3.75. The molecule has 0 aromatic heterocycles. The quantitative estimate of drug-likeness (QED) is 0.750. The molecular formula is C17H27N3O3S. The summed E-state index contributed by atoms with van der Waals surface area (Å²) in [4.78, 5) is 14.4. The van der Waals surface area contributed by atoms with Gasteiger partial charge in [0.25, 0.3) is 10.2 Å². The van der Waals surface area contributed by atoms with E-state index in [0.29, 0.717) is 18.7 Å². The van der Waals surface area contributed by atoms with E-state index in [0.717, 1.165) is 25.7 Å². The molecule has 6 nitrogen and oxygen atoms in total. The van der Waals surface area contributed by atoms with Crippen LogP contribution in [0.5, 0.6) is 0 Å². The van der Waals surface area contributed by atoms with Crippen molar-refractivity contribution in [1.29, 1.82) is 0 Å². The highest BCUT2D eigenvalue weighted by atomic mass is 32.2. The van der Waals surface area contributed by atoms with Gasteiger partial charge >= 0.3 is 0 Å². The SMILES string of the molecule is CCN(CC)C(=O)C(NS(=O)(=O)NC1CCCC1)c1ccccc1. The van der Waals surface area contributed by atoms with E-state index in [4.69, 9.17) is 0 Å². The van der Waals surface area contributed by atoms with Crippen LogP contribution in [0.3, 0.4) is 0 Å². The molecule has 0 heterocycles. The fourth-order valence-corrected chi connectivity index (χ4v) is 4.37. The number of nitrogens with zero attached hydrogens (tertiary/aromatic N) is 1. The fraction of sp³-hybridized carbons (Fsp3) is 0.588. The monoisotopic (exact) mass is 353 g/mol. The Hall–Kier alpha value is -1.44. The Morgan fingerprint density at radius 2 is 1.75 bits per heavy atom. The van der Waals surface area contributed by atoms with Gasteiger partial charge in [-0.15, -0.1) is 0 Å². The molecule has 1 unspecified atom stereocenters. The molecular weight excluding hydrogens is 326 g/mol. The maximum atomic E-state index is 12.8. The van der Waals surface area contributed by atoms with Crippen molar-refractivity contribution in [2.45, 2.75) is 51.6 Å². The lowest BCUT2D eigenvalue weighted by Gasteiger charge is -2.26. The zero-order valence-electron chi connectivity index (χ0n) is 14.4. The molecule has 1 amide bonds. The van der Waals surface area contributed by atoms with Crippen molar-refractivity contribution in [2.24, 2.45) is 0 Å². The zero-order chi connectivity index (χ0) is 17.6. The lowest BCUT2D eigenvalue weighted by Crippen LogP contribution is -2.48. The minimum Gasteiger partial charge on any atom is -0.342 e. The van der Waals surface area contributed by atoms with Gasteiger partial charge in [0.05, 0.1) is 0 Å². The Balaban J connectivity index is 2.20. The third-order valence-electron chi connectivity index (χ3n) is 4.40. The molecule has 7 heteroatoms.